The maximum absolute atomic E-state index is 13.4. The fourth-order valence-corrected chi connectivity index (χ4v) is 3.49. The molecule has 33 heavy (non-hydrogen) atoms. The van der Waals surface area contributed by atoms with Gasteiger partial charge in [0.15, 0.2) is 11.6 Å². The van der Waals surface area contributed by atoms with Gasteiger partial charge in [0.25, 0.3) is 5.91 Å². The normalized spacial score (nSPS) is 17.4. The molecule has 9 heteroatoms. The Morgan fingerprint density at radius 1 is 1.00 bits per heavy atom. The molecule has 4 rings (SSSR count). The Balaban J connectivity index is 0.000000914. The first-order valence-corrected chi connectivity index (χ1v) is 10.6. The quantitative estimate of drug-likeness (QED) is 0.703. The van der Waals surface area contributed by atoms with Gasteiger partial charge in [-0.25, -0.2) is 8.78 Å². The van der Waals surface area contributed by atoms with E-state index >= 15 is 0 Å². The van der Waals surface area contributed by atoms with E-state index in [4.69, 9.17) is 14.3 Å². The Morgan fingerprint density at radius 3 is 2.39 bits per heavy atom. The number of aliphatic hydroxyl groups is 1. The lowest BCUT2D eigenvalue weighted by Gasteiger charge is -2.27. The molecule has 2 N–H and O–H groups in total. The van der Waals surface area contributed by atoms with Crippen molar-refractivity contribution in [3.8, 4) is 5.75 Å². The summed E-state index contributed by atoms with van der Waals surface area (Å²) in [6.45, 7) is 5.25. The Morgan fingerprint density at radius 2 is 1.73 bits per heavy atom. The Labute approximate surface area is 191 Å². The predicted octanol–water partition coefficient (Wildman–Crippen LogP) is 3.74. The number of aliphatic hydroxyl groups excluding tert-OH is 1. The lowest BCUT2D eigenvalue weighted by atomic mass is 10.1. The van der Waals surface area contributed by atoms with Crippen LogP contribution >= 0.6 is 0 Å². The van der Waals surface area contributed by atoms with Crippen LogP contribution in [0, 0.1) is 11.6 Å². The summed E-state index contributed by atoms with van der Waals surface area (Å²) in [4.78, 5) is 30.7. The third-order valence-corrected chi connectivity index (χ3v) is 5.20. The molecule has 1 saturated heterocycles. The number of rotatable bonds is 5. The first-order valence-electron chi connectivity index (χ1n) is 10.6. The molecule has 0 radical (unpaired) electrons. The second kappa shape index (κ2) is 12.6. The zero-order valence-electron chi connectivity index (χ0n) is 18.3. The molecule has 1 unspecified atom stereocenters. The number of β-amino-alcohol motifs (C(OH)–C–C–N with tert-alkyl or cyclic N) is 1. The van der Waals surface area contributed by atoms with Gasteiger partial charge < -0.3 is 29.6 Å². The number of nitrogens with one attached hydrogen (secondary N) is 1. The van der Waals surface area contributed by atoms with Crippen LogP contribution in [0.3, 0.4) is 0 Å². The van der Waals surface area contributed by atoms with Crippen LogP contribution in [-0.4, -0.2) is 49.9 Å². The first-order chi connectivity index (χ1) is 16.0. The molecule has 1 aliphatic carbocycles. The van der Waals surface area contributed by atoms with Gasteiger partial charge in [0.1, 0.15) is 19.3 Å². The molecule has 0 bridgehead atoms. The van der Waals surface area contributed by atoms with Crippen LogP contribution in [0.15, 0.2) is 36.4 Å². The van der Waals surface area contributed by atoms with Gasteiger partial charge in [-0.3, -0.25) is 4.79 Å². The number of amides is 1. The Bertz CT molecular complexity index is 937. The monoisotopic (exact) mass is 462 g/mol. The molecule has 0 spiro atoms. The fourth-order valence-electron chi connectivity index (χ4n) is 3.49. The SMILES string of the molecule is C=O.C=O.O=C(Nc1ccc(F)c(F)c1)c1ccc(OC2CC2)c(N2CCCCC(O)C2)c1. The molecule has 7 nitrogen and oxygen atoms in total. The Hall–Kier alpha value is -3.33. The molecule has 1 saturated carbocycles. The highest BCUT2D eigenvalue weighted by atomic mass is 19.2. The molecule has 1 atom stereocenters. The van der Waals surface area contributed by atoms with Crippen molar-refractivity contribution < 1.29 is 33.0 Å². The number of anilines is 2. The zero-order valence-corrected chi connectivity index (χ0v) is 18.3. The topological polar surface area (TPSA) is 95.9 Å². The van der Waals surface area contributed by atoms with E-state index in [1.165, 1.54) is 6.07 Å². The molecule has 1 heterocycles. The maximum atomic E-state index is 13.4. The van der Waals surface area contributed by atoms with Gasteiger partial charge >= 0.3 is 0 Å². The lowest BCUT2D eigenvalue weighted by molar-refractivity contribution is -0.0987. The highest BCUT2D eigenvalue weighted by Gasteiger charge is 2.27. The highest BCUT2D eigenvalue weighted by molar-refractivity contribution is 6.05. The van der Waals surface area contributed by atoms with Gasteiger partial charge in [-0.05, 0) is 62.4 Å². The van der Waals surface area contributed by atoms with E-state index in [-0.39, 0.29) is 11.8 Å². The standard InChI is InChI=1S/C22H24F2N2O3.2CH2O/c23-18-8-5-15(12-19(18)24)25-22(28)14-4-9-21(29-17-6-7-17)20(11-14)26-10-2-1-3-16(27)13-26;2*1-2/h4-5,8-9,11-12,16-17,27H,1-3,6-7,10,13H2,(H,25,28);2*1H2. The summed E-state index contributed by atoms with van der Waals surface area (Å²) in [6, 6.07) is 8.40. The third-order valence-electron chi connectivity index (χ3n) is 5.20. The van der Waals surface area contributed by atoms with Crippen molar-refractivity contribution in [3.05, 3.63) is 53.6 Å². The lowest BCUT2D eigenvalue weighted by Crippen LogP contribution is -2.31. The van der Waals surface area contributed by atoms with Crippen LogP contribution in [0.5, 0.6) is 5.75 Å². The van der Waals surface area contributed by atoms with Crippen molar-refractivity contribution in [2.24, 2.45) is 0 Å². The smallest absolute Gasteiger partial charge is 0.255 e. The molecular weight excluding hydrogens is 434 g/mol. The molecule has 1 aliphatic heterocycles. The van der Waals surface area contributed by atoms with E-state index in [0.29, 0.717) is 17.9 Å². The summed E-state index contributed by atoms with van der Waals surface area (Å²) in [6.07, 6.45) is 4.46. The third kappa shape index (κ3) is 7.35. The minimum absolute atomic E-state index is 0.180. The number of carbonyl (C=O) groups is 3. The predicted molar refractivity (Wildman–Crippen MR) is 121 cm³/mol. The van der Waals surface area contributed by atoms with E-state index in [2.05, 4.69) is 10.2 Å². The average Bonchev–Trinajstić information content (AvgIpc) is 3.67. The van der Waals surface area contributed by atoms with Crippen molar-refractivity contribution in [2.45, 2.75) is 44.3 Å². The van der Waals surface area contributed by atoms with Crippen LogP contribution in [0.2, 0.25) is 0 Å². The number of halogens is 2. The van der Waals surface area contributed by atoms with Crippen LogP contribution in [0.25, 0.3) is 0 Å². The number of hydrogen-bond donors (Lipinski definition) is 2. The van der Waals surface area contributed by atoms with Crippen LogP contribution < -0.4 is 15.0 Å². The van der Waals surface area contributed by atoms with E-state index < -0.39 is 23.6 Å². The van der Waals surface area contributed by atoms with Crippen LogP contribution in [0.1, 0.15) is 42.5 Å². The van der Waals surface area contributed by atoms with Crippen molar-refractivity contribution in [2.75, 3.05) is 23.3 Å². The van der Waals surface area contributed by atoms with Crippen LogP contribution in [-0.2, 0) is 9.59 Å². The maximum Gasteiger partial charge on any atom is 0.255 e. The van der Waals surface area contributed by atoms with Gasteiger partial charge in [-0.15, -0.1) is 0 Å². The fraction of sp³-hybridized carbons (Fsp3) is 0.375. The zero-order chi connectivity index (χ0) is 24.4. The molecule has 1 amide bonds. The van der Waals surface area contributed by atoms with Gasteiger partial charge in [0, 0.05) is 30.4 Å². The highest BCUT2D eigenvalue weighted by Crippen LogP contribution is 2.36. The molecule has 2 aliphatic rings. The van der Waals surface area contributed by atoms with E-state index in [0.717, 1.165) is 56.5 Å². The summed E-state index contributed by atoms with van der Waals surface area (Å²) in [5.41, 5.74) is 1.33. The number of hydrogen-bond acceptors (Lipinski definition) is 6. The van der Waals surface area contributed by atoms with Gasteiger partial charge in [-0.1, -0.05) is 0 Å². The van der Waals surface area contributed by atoms with Crippen molar-refractivity contribution in [1.29, 1.82) is 0 Å². The van der Waals surface area contributed by atoms with Crippen molar-refractivity contribution in [3.63, 3.8) is 0 Å². The van der Waals surface area contributed by atoms with Gasteiger partial charge in [0.2, 0.25) is 0 Å². The average molecular weight is 462 g/mol. The molecule has 0 aromatic heterocycles. The molecule has 178 valence electrons. The summed E-state index contributed by atoms with van der Waals surface area (Å²) in [5.74, 6) is -1.71. The molecule has 2 aromatic rings. The Kier molecular flexibility index (Phi) is 9.93. The minimum atomic E-state index is -1.02. The van der Waals surface area contributed by atoms with Crippen LogP contribution in [0.4, 0.5) is 20.2 Å². The summed E-state index contributed by atoms with van der Waals surface area (Å²) >= 11 is 0. The van der Waals surface area contributed by atoms with E-state index in [9.17, 15) is 18.7 Å². The van der Waals surface area contributed by atoms with Gasteiger partial charge in [0.05, 0.1) is 17.9 Å². The molecule has 2 fully saturated rings. The first kappa shape index (κ1) is 25.9. The summed E-state index contributed by atoms with van der Waals surface area (Å²) < 4.78 is 32.6. The van der Waals surface area contributed by atoms with E-state index in [1.54, 1.807) is 18.2 Å². The number of carbonyl (C=O) groups excluding carboxylic acids is 3. The van der Waals surface area contributed by atoms with Gasteiger partial charge in [-0.2, -0.15) is 0 Å². The number of benzene rings is 2. The number of ether oxygens (including phenoxy) is 1. The molecule has 2 aromatic carbocycles. The number of nitrogens with zero attached hydrogens (tertiary/aromatic N) is 1. The second-order valence-electron chi connectivity index (χ2n) is 7.68. The van der Waals surface area contributed by atoms with Crippen molar-refractivity contribution >= 4 is 30.9 Å². The van der Waals surface area contributed by atoms with Crippen molar-refractivity contribution in [1.82, 2.24) is 0 Å². The summed E-state index contributed by atoms with van der Waals surface area (Å²) in [5, 5.41) is 12.8. The minimum Gasteiger partial charge on any atom is -0.488 e. The molecular formula is C24H28F2N2O5. The van der Waals surface area contributed by atoms with E-state index in [1.807, 2.05) is 13.6 Å². The summed E-state index contributed by atoms with van der Waals surface area (Å²) in [7, 11) is 0. The largest absolute Gasteiger partial charge is 0.488 e. The second-order valence-corrected chi connectivity index (χ2v) is 7.68.